The molecule has 1 atom stereocenters. The lowest BCUT2D eigenvalue weighted by atomic mass is 10.2. The Kier molecular flexibility index (Phi) is 2.72. The maximum absolute atomic E-state index is 5.48. The van der Waals surface area contributed by atoms with Gasteiger partial charge < -0.3 is 9.47 Å². The Labute approximate surface area is 89.0 Å². The van der Waals surface area contributed by atoms with Crippen molar-refractivity contribution in [2.45, 2.75) is 6.04 Å². The van der Waals surface area contributed by atoms with Gasteiger partial charge in [-0.05, 0) is 12.1 Å². The van der Waals surface area contributed by atoms with E-state index < -0.39 is 0 Å². The van der Waals surface area contributed by atoms with E-state index in [1.807, 2.05) is 30.3 Å². The first-order valence-electron chi connectivity index (χ1n) is 4.80. The fourth-order valence-corrected chi connectivity index (χ4v) is 1.41. The van der Waals surface area contributed by atoms with Gasteiger partial charge in [0.15, 0.2) is 0 Å². The van der Waals surface area contributed by atoms with Gasteiger partial charge in [0.05, 0.1) is 7.11 Å². The summed E-state index contributed by atoms with van der Waals surface area (Å²) in [7, 11) is 1.60. The van der Waals surface area contributed by atoms with Crippen LogP contribution in [0.2, 0.25) is 0 Å². The molecule has 2 rings (SSSR count). The Balaban J connectivity index is 2.17. The van der Waals surface area contributed by atoms with Crippen molar-refractivity contribution in [2.75, 3.05) is 13.7 Å². The average Bonchev–Trinajstić information content (AvgIpc) is 2.78. The molecule has 1 heterocycles. The SMILES string of the molecule is C=C(OC)[C@@H]1COC(c2ccccc2)=N1. The summed E-state index contributed by atoms with van der Waals surface area (Å²) in [5, 5.41) is 0. The molecule has 0 amide bonds. The van der Waals surface area contributed by atoms with Crippen molar-refractivity contribution in [3.05, 3.63) is 48.2 Å². The molecule has 1 aliphatic rings. The number of methoxy groups -OCH3 is 1. The van der Waals surface area contributed by atoms with E-state index in [0.717, 1.165) is 5.56 Å². The van der Waals surface area contributed by atoms with Gasteiger partial charge in [0.1, 0.15) is 18.4 Å². The van der Waals surface area contributed by atoms with E-state index in [9.17, 15) is 0 Å². The van der Waals surface area contributed by atoms with Gasteiger partial charge in [0, 0.05) is 5.56 Å². The lowest BCUT2D eigenvalue weighted by Crippen LogP contribution is -2.10. The van der Waals surface area contributed by atoms with Crippen LogP contribution in [0.1, 0.15) is 5.56 Å². The molecule has 0 saturated carbocycles. The molecule has 0 N–H and O–H groups in total. The van der Waals surface area contributed by atoms with Crippen LogP contribution in [-0.4, -0.2) is 25.7 Å². The predicted octanol–water partition coefficient (Wildman–Crippen LogP) is 1.99. The van der Waals surface area contributed by atoms with Crippen molar-refractivity contribution in [3.63, 3.8) is 0 Å². The Morgan fingerprint density at radius 2 is 2.20 bits per heavy atom. The highest BCUT2D eigenvalue weighted by atomic mass is 16.5. The molecule has 0 aliphatic carbocycles. The fraction of sp³-hybridized carbons (Fsp3) is 0.250. The first-order chi connectivity index (χ1) is 7.31. The number of ether oxygens (including phenoxy) is 2. The van der Waals surface area contributed by atoms with Crippen LogP contribution in [0.5, 0.6) is 0 Å². The molecule has 0 fully saturated rings. The molecule has 0 unspecified atom stereocenters. The molecule has 0 spiro atoms. The summed E-state index contributed by atoms with van der Waals surface area (Å²) in [6.45, 7) is 4.28. The third-order valence-electron chi connectivity index (χ3n) is 2.31. The zero-order chi connectivity index (χ0) is 10.7. The van der Waals surface area contributed by atoms with Gasteiger partial charge >= 0.3 is 0 Å². The van der Waals surface area contributed by atoms with Crippen molar-refractivity contribution < 1.29 is 9.47 Å². The second-order valence-electron chi connectivity index (χ2n) is 3.30. The normalized spacial score (nSPS) is 19.3. The minimum Gasteiger partial charge on any atom is -0.499 e. The number of nitrogens with zero attached hydrogens (tertiary/aromatic N) is 1. The van der Waals surface area contributed by atoms with Crippen molar-refractivity contribution in [2.24, 2.45) is 4.99 Å². The molecule has 3 nitrogen and oxygen atoms in total. The Morgan fingerprint density at radius 3 is 2.87 bits per heavy atom. The molecule has 0 saturated heterocycles. The van der Waals surface area contributed by atoms with Gasteiger partial charge in [-0.3, -0.25) is 0 Å². The summed E-state index contributed by atoms with van der Waals surface area (Å²) >= 11 is 0. The summed E-state index contributed by atoms with van der Waals surface area (Å²) in [4.78, 5) is 4.40. The van der Waals surface area contributed by atoms with E-state index in [0.29, 0.717) is 18.3 Å². The average molecular weight is 203 g/mol. The minimum atomic E-state index is -0.0785. The number of aliphatic imine (C=N–C) groups is 1. The van der Waals surface area contributed by atoms with Crippen LogP contribution in [0.4, 0.5) is 0 Å². The highest BCUT2D eigenvalue weighted by molar-refractivity contribution is 5.95. The standard InChI is InChI=1S/C12H13NO2/c1-9(14-2)11-8-15-12(13-11)10-6-4-3-5-7-10/h3-7,11H,1,8H2,2H3/t11-/m0/s1. The zero-order valence-electron chi connectivity index (χ0n) is 8.64. The first kappa shape index (κ1) is 9.77. The molecule has 0 radical (unpaired) electrons. The minimum absolute atomic E-state index is 0.0785. The van der Waals surface area contributed by atoms with Gasteiger partial charge in [0.2, 0.25) is 5.90 Å². The van der Waals surface area contributed by atoms with Crippen molar-refractivity contribution in [1.82, 2.24) is 0 Å². The van der Waals surface area contributed by atoms with Crippen molar-refractivity contribution in [3.8, 4) is 0 Å². The van der Waals surface area contributed by atoms with E-state index in [2.05, 4.69) is 11.6 Å². The third kappa shape index (κ3) is 2.01. The molecule has 15 heavy (non-hydrogen) atoms. The topological polar surface area (TPSA) is 30.8 Å². The maximum Gasteiger partial charge on any atom is 0.217 e. The Hall–Kier alpha value is -1.77. The van der Waals surface area contributed by atoms with Crippen LogP contribution in [0, 0.1) is 0 Å². The smallest absolute Gasteiger partial charge is 0.217 e. The lowest BCUT2D eigenvalue weighted by Gasteiger charge is -2.05. The second-order valence-corrected chi connectivity index (χ2v) is 3.30. The molecule has 3 heteroatoms. The van der Waals surface area contributed by atoms with Crippen LogP contribution in [0.15, 0.2) is 47.7 Å². The lowest BCUT2D eigenvalue weighted by molar-refractivity contribution is 0.240. The van der Waals surface area contributed by atoms with Crippen LogP contribution < -0.4 is 0 Å². The molecular formula is C12H13NO2. The van der Waals surface area contributed by atoms with Crippen LogP contribution in [0.3, 0.4) is 0 Å². The summed E-state index contributed by atoms with van der Waals surface area (Å²) in [5.74, 6) is 1.31. The van der Waals surface area contributed by atoms with E-state index in [4.69, 9.17) is 9.47 Å². The fourth-order valence-electron chi connectivity index (χ4n) is 1.41. The molecule has 1 aromatic rings. The van der Waals surface area contributed by atoms with Crippen molar-refractivity contribution >= 4 is 5.90 Å². The molecule has 0 bridgehead atoms. The molecular weight excluding hydrogens is 190 g/mol. The monoisotopic (exact) mass is 203 g/mol. The number of hydrogen-bond donors (Lipinski definition) is 0. The van der Waals surface area contributed by atoms with Gasteiger partial charge in [-0.2, -0.15) is 0 Å². The van der Waals surface area contributed by atoms with Gasteiger partial charge in [-0.15, -0.1) is 0 Å². The number of rotatable bonds is 3. The summed E-state index contributed by atoms with van der Waals surface area (Å²) < 4.78 is 10.5. The zero-order valence-corrected chi connectivity index (χ0v) is 8.64. The number of hydrogen-bond acceptors (Lipinski definition) is 3. The number of benzene rings is 1. The van der Waals surface area contributed by atoms with Crippen molar-refractivity contribution in [1.29, 1.82) is 0 Å². The first-order valence-corrected chi connectivity index (χ1v) is 4.80. The maximum atomic E-state index is 5.48. The Morgan fingerprint density at radius 1 is 1.47 bits per heavy atom. The quantitative estimate of drug-likeness (QED) is 0.703. The van der Waals surface area contributed by atoms with E-state index >= 15 is 0 Å². The highest BCUT2D eigenvalue weighted by Crippen LogP contribution is 2.16. The Bertz CT molecular complexity index is 384. The van der Waals surface area contributed by atoms with Crippen LogP contribution >= 0.6 is 0 Å². The second kappa shape index (κ2) is 4.17. The van der Waals surface area contributed by atoms with Gasteiger partial charge in [-0.1, -0.05) is 24.8 Å². The van der Waals surface area contributed by atoms with Gasteiger partial charge in [-0.25, -0.2) is 4.99 Å². The van der Waals surface area contributed by atoms with Crippen LogP contribution in [-0.2, 0) is 9.47 Å². The molecule has 0 aromatic heterocycles. The highest BCUT2D eigenvalue weighted by Gasteiger charge is 2.22. The van der Waals surface area contributed by atoms with E-state index in [1.54, 1.807) is 7.11 Å². The summed E-state index contributed by atoms with van der Waals surface area (Å²) in [6.07, 6.45) is 0. The molecule has 1 aromatic carbocycles. The van der Waals surface area contributed by atoms with E-state index in [-0.39, 0.29) is 6.04 Å². The van der Waals surface area contributed by atoms with E-state index in [1.165, 1.54) is 0 Å². The third-order valence-corrected chi connectivity index (χ3v) is 2.31. The van der Waals surface area contributed by atoms with Gasteiger partial charge in [0.25, 0.3) is 0 Å². The largest absolute Gasteiger partial charge is 0.499 e. The molecule has 1 aliphatic heterocycles. The molecule has 78 valence electrons. The summed E-state index contributed by atoms with van der Waals surface area (Å²) in [5.41, 5.74) is 0.990. The van der Waals surface area contributed by atoms with Crippen LogP contribution in [0.25, 0.3) is 0 Å². The summed E-state index contributed by atoms with van der Waals surface area (Å²) in [6, 6.07) is 9.74. The predicted molar refractivity (Wildman–Crippen MR) is 58.9 cm³/mol.